The lowest BCUT2D eigenvalue weighted by molar-refractivity contribution is -0.114. The standard InChI is InChI=1S/C24H34N4O/c1-21(29)26-24-11-9-22(10-12-24)19-25-13-5-6-14-27-15-17-28(18-16-27)20-23-7-3-2-4-8-23/h2-4,7-12,25H,5-6,13-20H2,1H3,(H,26,29). The number of carbonyl (C=O) groups is 1. The Hall–Kier alpha value is -2.21. The minimum absolute atomic E-state index is 0.0338. The minimum Gasteiger partial charge on any atom is -0.326 e. The molecular formula is C24H34N4O. The first-order chi connectivity index (χ1) is 14.2. The quantitative estimate of drug-likeness (QED) is 0.607. The van der Waals surface area contributed by atoms with E-state index in [2.05, 4.69) is 62.9 Å². The van der Waals surface area contributed by atoms with Crippen molar-refractivity contribution in [2.24, 2.45) is 0 Å². The molecule has 0 aromatic heterocycles. The number of anilines is 1. The van der Waals surface area contributed by atoms with Gasteiger partial charge in [-0.25, -0.2) is 0 Å². The second-order valence-corrected chi connectivity index (χ2v) is 7.87. The van der Waals surface area contributed by atoms with E-state index in [-0.39, 0.29) is 5.91 Å². The third kappa shape index (κ3) is 7.97. The van der Waals surface area contributed by atoms with Crippen LogP contribution < -0.4 is 10.6 Å². The van der Waals surface area contributed by atoms with E-state index in [0.29, 0.717) is 0 Å². The molecule has 1 aliphatic rings. The molecule has 5 nitrogen and oxygen atoms in total. The number of rotatable bonds is 10. The van der Waals surface area contributed by atoms with Crippen molar-refractivity contribution in [3.8, 4) is 0 Å². The Kier molecular flexibility index (Phi) is 8.68. The molecule has 0 atom stereocenters. The molecule has 0 unspecified atom stereocenters. The van der Waals surface area contributed by atoms with Crippen LogP contribution in [0.5, 0.6) is 0 Å². The summed E-state index contributed by atoms with van der Waals surface area (Å²) >= 11 is 0. The maximum Gasteiger partial charge on any atom is 0.221 e. The van der Waals surface area contributed by atoms with E-state index in [0.717, 1.165) is 25.3 Å². The number of carbonyl (C=O) groups excluding carboxylic acids is 1. The molecule has 3 rings (SSSR count). The van der Waals surface area contributed by atoms with E-state index < -0.39 is 0 Å². The molecule has 0 aliphatic carbocycles. The predicted octanol–water partition coefficient (Wildman–Crippen LogP) is 3.33. The van der Waals surface area contributed by atoms with Gasteiger partial charge in [-0.05, 0) is 49.2 Å². The molecule has 5 heteroatoms. The van der Waals surface area contributed by atoms with E-state index in [4.69, 9.17) is 0 Å². The fraction of sp³-hybridized carbons (Fsp3) is 0.458. The van der Waals surface area contributed by atoms with Gasteiger partial charge in [0.05, 0.1) is 0 Å². The van der Waals surface area contributed by atoms with Gasteiger partial charge < -0.3 is 15.5 Å². The van der Waals surface area contributed by atoms with Crippen LogP contribution in [-0.2, 0) is 17.9 Å². The Balaban J connectivity index is 1.22. The highest BCUT2D eigenvalue weighted by Gasteiger charge is 2.16. The minimum atomic E-state index is -0.0338. The Morgan fingerprint density at radius 1 is 0.862 bits per heavy atom. The number of hydrogen-bond acceptors (Lipinski definition) is 4. The normalized spacial score (nSPS) is 15.3. The van der Waals surface area contributed by atoms with Gasteiger partial charge in [-0.3, -0.25) is 9.69 Å². The van der Waals surface area contributed by atoms with Crippen LogP contribution in [0.3, 0.4) is 0 Å². The number of unbranched alkanes of at least 4 members (excludes halogenated alkanes) is 1. The van der Waals surface area contributed by atoms with E-state index in [1.165, 1.54) is 63.6 Å². The van der Waals surface area contributed by atoms with Crippen molar-refractivity contribution in [3.05, 3.63) is 65.7 Å². The van der Waals surface area contributed by atoms with Crippen LogP contribution in [0.2, 0.25) is 0 Å². The van der Waals surface area contributed by atoms with E-state index in [1.54, 1.807) is 0 Å². The Bertz CT molecular complexity index is 724. The lowest BCUT2D eigenvalue weighted by Gasteiger charge is -2.34. The molecular weight excluding hydrogens is 360 g/mol. The molecule has 0 radical (unpaired) electrons. The summed E-state index contributed by atoms with van der Waals surface area (Å²) in [6.45, 7) is 10.4. The molecule has 0 saturated carbocycles. The molecule has 2 aromatic rings. The fourth-order valence-electron chi connectivity index (χ4n) is 3.74. The molecule has 29 heavy (non-hydrogen) atoms. The van der Waals surface area contributed by atoms with Crippen LogP contribution in [-0.4, -0.2) is 55.0 Å². The van der Waals surface area contributed by atoms with Gasteiger partial charge in [0.1, 0.15) is 0 Å². The van der Waals surface area contributed by atoms with Gasteiger partial charge >= 0.3 is 0 Å². The van der Waals surface area contributed by atoms with Crippen molar-refractivity contribution < 1.29 is 4.79 Å². The smallest absolute Gasteiger partial charge is 0.221 e. The first-order valence-corrected chi connectivity index (χ1v) is 10.7. The summed E-state index contributed by atoms with van der Waals surface area (Å²) in [6, 6.07) is 18.8. The monoisotopic (exact) mass is 394 g/mol. The van der Waals surface area contributed by atoms with Gasteiger partial charge in [-0.1, -0.05) is 42.5 Å². The zero-order valence-corrected chi connectivity index (χ0v) is 17.6. The Labute approximate surface area is 175 Å². The van der Waals surface area contributed by atoms with Crippen molar-refractivity contribution in [2.75, 3.05) is 44.6 Å². The van der Waals surface area contributed by atoms with Crippen LogP contribution in [0.25, 0.3) is 0 Å². The third-order valence-corrected chi connectivity index (χ3v) is 5.40. The van der Waals surface area contributed by atoms with Crippen molar-refractivity contribution >= 4 is 11.6 Å². The topological polar surface area (TPSA) is 47.6 Å². The third-order valence-electron chi connectivity index (χ3n) is 5.40. The largest absolute Gasteiger partial charge is 0.326 e. The summed E-state index contributed by atoms with van der Waals surface area (Å²) in [5.41, 5.74) is 3.51. The molecule has 2 aromatic carbocycles. The van der Waals surface area contributed by atoms with Gasteiger partial charge in [0.25, 0.3) is 0 Å². The molecule has 156 valence electrons. The fourth-order valence-corrected chi connectivity index (χ4v) is 3.74. The number of hydrogen-bond donors (Lipinski definition) is 2. The predicted molar refractivity (Wildman–Crippen MR) is 120 cm³/mol. The summed E-state index contributed by atoms with van der Waals surface area (Å²) < 4.78 is 0. The summed E-state index contributed by atoms with van der Waals surface area (Å²) in [6.07, 6.45) is 2.45. The van der Waals surface area contributed by atoms with Gasteiger partial charge in [0, 0.05) is 51.9 Å². The average Bonchev–Trinajstić information content (AvgIpc) is 2.73. The summed E-state index contributed by atoms with van der Waals surface area (Å²) in [5, 5.41) is 6.31. The number of nitrogens with one attached hydrogen (secondary N) is 2. The van der Waals surface area contributed by atoms with Crippen LogP contribution in [0, 0.1) is 0 Å². The van der Waals surface area contributed by atoms with Crippen LogP contribution in [0.4, 0.5) is 5.69 Å². The zero-order valence-electron chi connectivity index (χ0n) is 17.6. The van der Waals surface area contributed by atoms with E-state index >= 15 is 0 Å². The number of benzene rings is 2. The first-order valence-electron chi connectivity index (χ1n) is 10.7. The summed E-state index contributed by atoms with van der Waals surface area (Å²) in [7, 11) is 0. The van der Waals surface area contributed by atoms with Gasteiger partial charge in [-0.2, -0.15) is 0 Å². The molecule has 1 heterocycles. The SMILES string of the molecule is CC(=O)Nc1ccc(CNCCCCN2CCN(Cc3ccccc3)CC2)cc1. The number of piperazine rings is 1. The number of nitrogens with zero attached hydrogens (tertiary/aromatic N) is 2. The highest BCUT2D eigenvalue weighted by molar-refractivity contribution is 5.88. The summed E-state index contributed by atoms with van der Waals surface area (Å²) in [5.74, 6) is -0.0338. The second kappa shape index (κ2) is 11.7. The van der Waals surface area contributed by atoms with Crippen molar-refractivity contribution in [1.82, 2.24) is 15.1 Å². The lowest BCUT2D eigenvalue weighted by atomic mass is 10.2. The van der Waals surface area contributed by atoms with Crippen LogP contribution in [0.1, 0.15) is 30.9 Å². The molecule has 2 N–H and O–H groups in total. The first kappa shape index (κ1) is 21.5. The molecule has 0 bridgehead atoms. The van der Waals surface area contributed by atoms with Crippen LogP contribution in [0.15, 0.2) is 54.6 Å². The molecule has 1 fully saturated rings. The highest BCUT2D eigenvalue weighted by atomic mass is 16.1. The van der Waals surface area contributed by atoms with Crippen molar-refractivity contribution in [1.29, 1.82) is 0 Å². The van der Waals surface area contributed by atoms with Crippen molar-refractivity contribution in [2.45, 2.75) is 32.9 Å². The summed E-state index contributed by atoms with van der Waals surface area (Å²) in [4.78, 5) is 16.2. The van der Waals surface area contributed by atoms with Crippen LogP contribution >= 0.6 is 0 Å². The van der Waals surface area contributed by atoms with Gasteiger partial charge in [0.15, 0.2) is 0 Å². The maximum absolute atomic E-state index is 11.0. The number of amides is 1. The highest BCUT2D eigenvalue weighted by Crippen LogP contribution is 2.10. The Morgan fingerprint density at radius 2 is 1.55 bits per heavy atom. The van der Waals surface area contributed by atoms with Gasteiger partial charge in [-0.15, -0.1) is 0 Å². The lowest BCUT2D eigenvalue weighted by Crippen LogP contribution is -2.46. The second-order valence-electron chi connectivity index (χ2n) is 7.87. The maximum atomic E-state index is 11.0. The molecule has 1 amide bonds. The van der Waals surface area contributed by atoms with E-state index in [9.17, 15) is 4.79 Å². The molecule has 0 spiro atoms. The Morgan fingerprint density at radius 3 is 2.24 bits per heavy atom. The van der Waals surface area contributed by atoms with E-state index in [1.807, 2.05) is 12.1 Å². The van der Waals surface area contributed by atoms with Crippen molar-refractivity contribution in [3.63, 3.8) is 0 Å². The molecule has 1 aliphatic heterocycles. The molecule has 1 saturated heterocycles. The average molecular weight is 395 g/mol. The van der Waals surface area contributed by atoms with Gasteiger partial charge in [0.2, 0.25) is 5.91 Å². The zero-order chi connectivity index (χ0) is 20.3.